The number of hydrogen-bond donors (Lipinski definition) is 2. The van der Waals surface area contributed by atoms with Crippen molar-refractivity contribution in [2.75, 3.05) is 32.8 Å². The number of nitrogens with one attached hydrogen (secondary N) is 2. The highest BCUT2D eigenvalue weighted by molar-refractivity contribution is 4.83. The highest BCUT2D eigenvalue weighted by Gasteiger charge is 2.30. The highest BCUT2D eigenvalue weighted by Crippen LogP contribution is 2.33. The molecule has 0 aromatic heterocycles. The standard InChI is InChI=1S/C15H30N2O/c1-15(2,13-6-9-18-10-7-13)12-16-11-14-5-3-4-8-17-14/h13-14,16-17H,3-12H2,1-2H3. The van der Waals surface area contributed by atoms with Gasteiger partial charge in [0.05, 0.1) is 0 Å². The Kier molecular flexibility index (Phi) is 5.46. The van der Waals surface area contributed by atoms with Crippen LogP contribution in [0.3, 0.4) is 0 Å². The zero-order valence-electron chi connectivity index (χ0n) is 12.1. The van der Waals surface area contributed by atoms with Gasteiger partial charge in [0.2, 0.25) is 0 Å². The van der Waals surface area contributed by atoms with Gasteiger partial charge in [0.15, 0.2) is 0 Å². The number of piperidine rings is 1. The minimum Gasteiger partial charge on any atom is -0.381 e. The first-order valence-electron chi connectivity index (χ1n) is 7.70. The highest BCUT2D eigenvalue weighted by atomic mass is 16.5. The zero-order chi connectivity index (χ0) is 12.8. The van der Waals surface area contributed by atoms with E-state index in [4.69, 9.17) is 4.74 Å². The first kappa shape index (κ1) is 14.3. The van der Waals surface area contributed by atoms with Crippen LogP contribution in [-0.4, -0.2) is 38.9 Å². The molecule has 1 atom stereocenters. The SMILES string of the molecule is CC(C)(CNCC1CCCCN1)C1CCOCC1. The van der Waals surface area contributed by atoms with E-state index in [0.717, 1.165) is 32.2 Å². The molecule has 0 spiro atoms. The molecule has 2 heterocycles. The molecule has 0 aliphatic carbocycles. The molecule has 2 aliphatic rings. The van der Waals surface area contributed by atoms with Gasteiger partial charge in [0.1, 0.15) is 0 Å². The van der Waals surface area contributed by atoms with Crippen molar-refractivity contribution in [3.05, 3.63) is 0 Å². The van der Waals surface area contributed by atoms with E-state index in [2.05, 4.69) is 24.5 Å². The molecular weight excluding hydrogens is 224 g/mol. The molecule has 2 aliphatic heterocycles. The van der Waals surface area contributed by atoms with Crippen LogP contribution >= 0.6 is 0 Å². The summed E-state index contributed by atoms with van der Waals surface area (Å²) >= 11 is 0. The van der Waals surface area contributed by atoms with Gasteiger partial charge in [-0.15, -0.1) is 0 Å². The average Bonchev–Trinajstić information content (AvgIpc) is 2.41. The van der Waals surface area contributed by atoms with Crippen LogP contribution in [0.2, 0.25) is 0 Å². The summed E-state index contributed by atoms with van der Waals surface area (Å²) in [6.07, 6.45) is 6.55. The Hall–Kier alpha value is -0.120. The topological polar surface area (TPSA) is 33.3 Å². The van der Waals surface area contributed by atoms with E-state index < -0.39 is 0 Å². The molecule has 18 heavy (non-hydrogen) atoms. The first-order chi connectivity index (χ1) is 8.68. The van der Waals surface area contributed by atoms with E-state index in [9.17, 15) is 0 Å². The summed E-state index contributed by atoms with van der Waals surface area (Å²) in [6, 6.07) is 0.698. The Morgan fingerprint density at radius 3 is 2.61 bits per heavy atom. The molecule has 0 aromatic rings. The zero-order valence-corrected chi connectivity index (χ0v) is 12.1. The van der Waals surface area contributed by atoms with E-state index in [0.29, 0.717) is 11.5 Å². The molecule has 2 fully saturated rings. The van der Waals surface area contributed by atoms with Crippen molar-refractivity contribution in [2.45, 2.75) is 52.0 Å². The monoisotopic (exact) mass is 254 g/mol. The molecule has 106 valence electrons. The average molecular weight is 254 g/mol. The second-order valence-corrected chi connectivity index (χ2v) is 6.65. The van der Waals surface area contributed by atoms with Crippen molar-refractivity contribution in [1.29, 1.82) is 0 Å². The third-order valence-corrected chi connectivity index (χ3v) is 4.71. The van der Waals surface area contributed by atoms with Crippen LogP contribution in [0.15, 0.2) is 0 Å². The lowest BCUT2D eigenvalue weighted by atomic mass is 9.74. The molecule has 0 amide bonds. The Bertz CT molecular complexity index is 231. The van der Waals surface area contributed by atoms with Gasteiger partial charge in [-0.1, -0.05) is 20.3 Å². The molecular formula is C15H30N2O. The van der Waals surface area contributed by atoms with Gasteiger partial charge in [-0.05, 0) is 43.6 Å². The van der Waals surface area contributed by atoms with Gasteiger partial charge < -0.3 is 15.4 Å². The number of rotatable bonds is 5. The fourth-order valence-electron chi connectivity index (χ4n) is 3.29. The molecule has 1 unspecified atom stereocenters. The fourth-order valence-corrected chi connectivity index (χ4v) is 3.29. The van der Waals surface area contributed by atoms with Gasteiger partial charge in [-0.3, -0.25) is 0 Å². The van der Waals surface area contributed by atoms with Crippen LogP contribution in [0.4, 0.5) is 0 Å². The Balaban J connectivity index is 1.67. The van der Waals surface area contributed by atoms with Gasteiger partial charge in [-0.25, -0.2) is 0 Å². The third kappa shape index (κ3) is 4.22. The van der Waals surface area contributed by atoms with Crippen LogP contribution < -0.4 is 10.6 Å². The Morgan fingerprint density at radius 1 is 1.17 bits per heavy atom. The number of ether oxygens (including phenoxy) is 1. The summed E-state index contributed by atoms with van der Waals surface area (Å²) in [5.41, 5.74) is 0.401. The van der Waals surface area contributed by atoms with Crippen LogP contribution in [0.1, 0.15) is 46.0 Å². The molecule has 2 N–H and O–H groups in total. The molecule has 2 rings (SSSR count). The minimum absolute atomic E-state index is 0.401. The van der Waals surface area contributed by atoms with Crippen LogP contribution in [0, 0.1) is 11.3 Å². The van der Waals surface area contributed by atoms with Crippen LogP contribution in [0.5, 0.6) is 0 Å². The molecule has 0 saturated carbocycles. The number of hydrogen-bond acceptors (Lipinski definition) is 3. The largest absolute Gasteiger partial charge is 0.381 e. The van der Waals surface area contributed by atoms with Crippen molar-refractivity contribution in [3.8, 4) is 0 Å². The molecule has 3 heteroatoms. The van der Waals surface area contributed by atoms with E-state index in [1.165, 1.54) is 38.6 Å². The summed E-state index contributed by atoms with van der Waals surface area (Å²) in [7, 11) is 0. The lowest BCUT2D eigenvalue weighted by Gasteiger charge is -2.37. The van der Waals surface area contributed by atoms with Gasteiger partial charge in [0.25, 0.3) is 0 Å². The van der Waals surface area contributed by atoms with Gasteiger partial charge in [-0.2, -0.15) is 0 Å². The van der Waals surface area contributed by atoms with Crippen molar-refractivity contribution >= 4 is 0 Å². The van der Waals surface area contributed by atoms with E-state index in [1.807, 2.05) is 0 Å². The van der Waals surface area contributed by atoms with Crippen molar-refractivity contribution in [2.24, 2.45) is 11.3 Å². The smallest absolute Gasteiger partial charge is 0.0468 e. The molecule has 0 radical (unpaired) electrons. The molecule has 2 saturated heterocycles. The normalized spacial score (nSPS) is 27.3. The lowest BCUT2D eigenvalue weighted by molar-refractivity contribution is 0.0226. The maximum atomic E-state index is 5.46. The third-order valence-electron chi connectivity index (χ3n) is 4.71. The van der Waals surface area contributed by atoms with E-state index >= 15 is 0 Å². The Labute approximate surface area is 112 Å². The van der Waals surface area contributed by atoms with E-state index in [-0.39, 0.29) is 0 Å². The summed E-state index contributed by atoms with van der Waals surface area (Å²) in [5, 5.41) is 7.29. The summed E-state index contributed by atoms with van der Waals surface area (Å²) in [5.74, 6) is 0.818. The van der Waals surface area contributed by atoms with Crippen molar-refractivity contribution < 1.29 is 4.74 Å². The van der Waals surface area contributed by atoms with Crippen molar-refractivity contribution in [1.82, 2.24) is 10.6 Å². The predicted molar refractivity (Wildman–Crippen MR) is 75.8 cm³/mol. The quantitative estimate of drug-likeness (QED) is 0.789. The Morgan fingerprint density at radius 2 is 1.94 bits per heavy atom. The maximum Gasteiger partial charge on any atom is 0.0468 e. The van der Waals surface area contributed by atoms with Crippen LogP contribution in [0.25, 0.3) is 0 Å². The molecule has 0 aromatic carbocycles. The second kappa shape index (κ2) is 6.88. The maximum absolute atomic E-state index is 5.46. The summed E-state index contributed by atoms with van der Waals surface area (Å²) < 4.78 is 5.46. The molecule has 3 nitrogen and oxygen atoms in total. The summed E-state index contributed by atoms with van der Waals surface area (Å²) in [4.78, 5) is 0. The van der Waals surface area contributed by atoms with Crippen molar-refractivity contribution in [3.63, 3.8) is 0 Å². The van der Waals surface area contributed by atoms with E-state index in [1.54, 1.807) is 0 Å². The van der Waals surface area contributed by atoms with Gasteiger partial charge >= 0.3 is 0 Å². The van der Waals surface area contributed by atoms with Crippen LogP contribution in [-0.2, 0) is 4.74 Å². The second-order valence-electron chi connectivity index (χ2n) is 6.65. The minimum atomic E-state index is 0.401. The predicted octanol–water partition coefficient (Wildman–Crippen LogP) is 2.17. The summed E-state index contributed by atoms with van der Waals surface area (Å²) in [6.45, 7) is 10.2. The first-order valence-corrected chi connectivity index (χ1v) is 7.70. The lowest BCUT2D eigenvalue weighted by Crippen LogP contribution is -2.45. The van der Waals surface area contributed by atoms with Gasteiger partial charge in [0, 0.05) is 32.3 Å². The fraction of sp³-hybridized carbons (Fsp3) is 1.00. The molecule has 0 bridgehead atoms.